The molecule has 1 aromatic carbocycles. The molecule has 2 aliphatic heterocycles. The number of H-pyrrole nitrogens is 1. The minimum atomic E-state index is 0.0488. The van der Waals surface area contributed by atoms with E-state index in [-0.39, 0.29) is 17.9 Å². The molecule has 4 rings (SSSR count). The van der Waals surface area contributed by atoms with E-state index < -0.39 is 0 Å². The van der Waals surface area contributed by atoms with Gasteiger partial charge in [-0.1, -0.05) is 6.07 Å². The van der Waals surface area contributed by atoms with Crippen LogP contribution in [0.15, 0.2) is 30.5 Å². The lowest BCUT2D eigenvalue weighted by Gasteiger charge is -2.43. The third kappa shape index (κ3) is 4.06. The number of hydrogen-bond acceptors (Lipinski definition) is 4. The summed E-state index contributed by atoms with van der Waals surface area (Å²) in [6, 6.07) is 7.66. The molecule has 2 amide bonds. The number of carbonyl (C=O) groups is 2. The number of benzene rings is 1. The van der Waals surface area contributed by atoms with Crippen molar-refractivity contribution in [1.29, 1.82) is 0 Å². The zero-order chi connectivity index (χ0) is 21.1. The van der Waals surface area contributed by atoms with Crippen molar-refractivity contribution in [2.24, 2.45) is 5.92 Å². The molecule has 0 spiro atoms. The number of carbonyl (C=O) groups excluding carboxylic acids is 2. The third-order valence-electron chi connectivity index (χ3n) is 6.56. The van der Waals surface area contributed by atoms with Crippen LogP contribution in [0, 0.1) is 12.8 Å². The Balaban J connectivity index is 1.43. The minimum Gasteiger partial charge on any atom is -0.497 e. The second-order valence-corrected chi connectivity index (χ2v) is 8.33. The first kappa shape index (κ1) is 20.4. The van der Waals surface area contributed by atoms with Gasteiger partial charge in [0.15, 0.2) is 0 Å². The van der Waals surface area contributed by atoms with E-state index in [0.717, 1.165) is 57.4 Å². The maximum Gasteiger partial charge on any atom is 0.257 e. The predicted octanol–water partition coefficient (Wildman–Crippen LogP) is 3.27. The molecule has 1 N–H and O–H groups in total. The fourth-order valence-corrected chi connectivity index (χ4v) is 4.85. The number of rotatable bonds is 4. The molecule has 0 bridgehead atoms. The lowest BCUT2D eigenvalue weighted by molar-refractivity contribution is 0.0374. The van der Waals surface area contributed by atoms with Crippen molar-refractivity contribution in [3.8, 4) is 5.75 Å². The Morgan fingerprint density at radius 1 is 1.10 bits per heavy atom. The van der Waals surface area contributed by atoms with Gasteiger partial charge in [-0.3, -0.25) is 14.7 Å². The van der Waals surface area contributed by atoms with Gasteiger partial charge < -0.3 is 14.5 Å². The Kier molecular flexibility index (Phi) is 6.06. The number of hydrogen-bond donors (Lipinski definition) is 1. The summed E-state index contributed by atoms with van der Waals surface area (Å²) in [6.07, 6.45) is 6.70. The minimum absolute atomic E-state index is 0.0488. The number of aryl methyl sites for hydroxylation is 1. The second-order valence-electron chi connectivity index (χ2n) is 8.33. The summed E-state index contributed by atoms with van der Waals surface area (Å²) in [5, 5.41) is 6.81. The smallest absolute Gasteiger partial charge is 0.257 e. The van der Waals surface area contributed by atoms with Gasteiger partial charge in [-0.25, -0.2) is 0 Å². The van der Waals surface area contributed by atoms with Crippen LogP contribution in [-0.4, -0.2) is 64.6 Å². The van der Waals surface area contributed by atoms with E-state index in [1.54, 1.807) is 13.3 Å². The highest BCUT2D eigenvalue weighted by atomic mass is 16.5. The average molecular weight is 411 g/mol. The quantitative estimate of drug-likeness (QED) is 0.839. The van der Waals surface area contributed by atoms with E-state index in [4.69, 9.17) is 4.74 Å². The summed E-state index contributed by atoms with van der Waals surface area (Å²) in [4.78, 5) is 30.0. The predicted molar refractivity (Wildman–Crippen MR) is 114 cm³/mol. The van der Waals surface area contributed by atoms with Crippen molar-refractivity contribution in [3.63, 3.8) is 0 Å². The van der Waals surface area contributed by atoms with E-state index in [2.05, 4.69) is 15.1 Å². The first-order valence-corrected chi connectivity index (χ1v) is 10.8. The summed E-state index contributed by atoms with van der Waals surface area (Å²) >= 11 is 0. The van der Waals surface area contributed by atoms with E-state index in [1.165, 1.54) is 0 Å². The summed E-state index contributed by atoms with van der Waals surface area (Å²) in [6.45, 7) is 4.13. The third-order valence-corrected chi connectivity index (χ3v) is 6.56. The number of ether oxygens (including phenoxy) is 1. The summed E-state index contributed by atoms with van der Waals surface area (Å²) in [5.74, 6) is 1.27. The number of nitrogens with one attached hydrogen (secondary N) is 1. The molecule has 0 radical (unpaired) electrons. The van der Waals surface area contributed by atoms with E-state index in [1.807, 2.05) is 36.1 Å². The molecular weight excluding hydrogens is 380 g/mol. The van der Waals surface area contributed by atoms with Crippen LogP contribution in [-0.2, 0) is 0 Å². The Morgan fingerprint density at radius 2 is 1.90 bits per heavy atom. The molecule has 30 heavy (non-hydrogen) atoms. The highest BCUT2D eigenvalue weighted by Crippen LogP contribution is 2.32. The topological polar surface area (TPSA) is 78.5 Å². The van der Waals surface area contributed by atoms with Gasteiger partial charge in [-0.05, 0) is 63.1 Å². The van der Waals surface area contributed by atoms with Gasteiger partial charge in [-0.15, -0.1) is 0 Å². The van der Waals surface area contributed by atoms with Gasteiger partial charge in [0, 0.05) is 36.9 Å². The number of likely N-dealkylation sites (tertiary alicyclic amines) is 2. The van der Waals surface area contributed by atoms with Crippen LogP contribution in [0.2, 0.25) is 0 Å². The number of methoxy groups -OCH3 is 1. The van der Waals surface area contributed by atoms with Crippen molar-refractivity contribution in [2.75, 3.05) is 26.7 Å². The molecule has 0 unspecified atom stereocenters. The summed E-state index contributed by atoms with van der Waals surface area (Å²) in [5.41, 5.74) is 2.15. The normalized spacial score (nSPS) is 20.3. The number of aromatic amines is 1. The van der Waals surface area contributed by atoms with Gasteiger partial charge in [0.25, 0.3) is 11.8 Å². The van der Waals surface area contributed by atoms with Gasteiger partial charge >= 0.3 is 0 Å². The van der Waals surface area contributed by atoms with Crippen LogP contribution in [0.4, 0.5) is 0 Å². The van der Waals surface area contributed by atoms with E-state index >= 15 is 0 Å². The average Bonchev–Trinajstić information content (AvgIpc) is 3.24. The highest BCUT2D eigenvalue weighted by molar-refractivity contribution is 5.95. The molecule has 7 nitrogen and oxygen atoms in total. The maximum absolute atomic E-state index is 13.3. The standard InChI is InChI=1S/C23H30N4O3/c1-16-20(15-24-25-16)23(29)26-12-9-17(10-13-26)21-8-3-4-11-27(21)22(28)18-6-5-7-19(14-18)30-2/h5-7,14-15,17,21H,3-4,8-13H2,1-2H3,(H,24,25)/t21-/m0/s1. The molecule has 2 saturated heterocycles. The van der Waals surface area contributed by atoms with Gasteiger partial charge in [0.05, 0.1) is 18.9 Å². The number of aromatic nitrogens is 2. The van der Waals surface area contributed by atoms with Crippen LogP contribution >= 0.6 is 0 Å². The Bertz CT molecular complexity index is 901. The monoisotopic (exact) mass is 410 g/mol. The first-order valence-electron chi connectivity index (χ1n) is 10.8. The zero-order valence-corrected chi connectivity index (χ0v) is 17.8. The SMILES string of the molecule is COc1cccc(C(=O)N2CCCC[C@H]2C2CCN(C(=O)c3cn[nH]c3C)CC2)c1. The lowest BCUT2D eigenvalue weighted by Crippen LogP contribution is -2.51. The van der Waals surface area contributed by atoms with Crippen molar-refractivity contribution >= 4 is 11.8 Å². The Labute approximate surface area is 177 Å². The Hall–Kier alpha value is -2.83. The van der Waals surface area contributed by atoms with Crippen molar-refractivity contribution < 1.29 is 14.3 Å². The largest absolute Gasteiger partial charge is 0.497 e. The van der Waals surface area contributed by atoms with Gasteiger partial charge in [0.2, 0.25) is 0 Å². The van der Waals surface area contributed by atoms with Crippen LogP contribution in [0.25, 0.3) is 0 Å². The molecule has 0 saturated carbocycles. The molecule has 160 valence electrons. The van der Waals surface area contributed by atoms with Crippen LogP contribution in [0.1, 0.15) is 58.5 Å². The zero-order valence-electron chi connectivity index (χ0n) is 17.8. The molecule has 2 aromatic rings. The number of piperidine rings is 2. The molecule has 2 aliphatic rings. The first-order chi connectivity index (χ1) is 14.6. The Morgan fingerprint density at radius 3 is 2.60 bits per heavy atom. The van der Waals surface area contributed by atoms with Crippen LogP contribution < -0.4 is 4.74 Å². The van der Waals surface area contributed by atoms with Crippen molar-refractivity contribution in [3.05, 3.63) is 47.3 Å². The second kappa shape index (κ2) is 8.90. The highest BCUT2D eigenvalue weighted by Gasteiger charge is 2.36. The molecule has 0 aliphatic carbocycles. The fourth-order valence-electron chi connectivity index (χ4n) is 4.85. The van der Waals surface area contributed by atoms with Gasteiger partial charge in [0.1, 0.15) is 5.75 Å². The number of nitrogens with zero attached hydrogens (tertiary/aromatic N) is 3. The maximum atomic E-state index is 13.3. The van der Waals surface area contributed by atoms with Gasteiger partial charge in [-0.2, -0.15) is 5.10 Å². The van der Waals surface area contributed by atoms with Crippen LogP contribution in [0.5, 0.6) is 5.75 Å². The summed E-state index contributed by atoms with van der Waals surface area (Å²) < 4.78 is 5.29. The van der Waals surface area contributed by atoms with E-state index in [9.17, 15) is 9.59 Å². The molecule has 3 heterocycles. The van der Waals surface area contributed by atoms with E-state index in [0.29, 0.717) is 22.8 Å². The van der Waals surface area contributed by atoms with Crippen LogP contribution in [0.3, 0.4) is 0 Å². The summed E-state index contributed by atoms with van der Waals surface area (Å²) in [7, 11) is 1.62. The fraction of sp³-hybridized carbons (Fsp3) is 0.522. The molecule has 7 heteroatoms. The molecule has 1 aromatic heterocycles. The van der Waals surface area contributed by atoms with Crippen molar-refractivity contribution in [2.45, 2.75) is 45.1 Å². The molecule has 2 fully saturated rings. The number of amides is 2. The van der Waals surface area contributed by atoms with Crippen molar-refractivity contribution in [1.82, 2.24) is 20.0 Å². The molecule has 1 atom stereocenters. The molecular formula is C23H30N4O3. The lowest BCUT2D eigenvalue weighted by atomic mass is 9.83.